The fourth-order valence-electron chi connectivity index (χ4n) is 2.97. The minimum absolute atomic E-state index is 0.111. The summed E-state index contributed by atoms with van der Waals surface area (Å²) in [7, 11) is 0. The third-order valence-corrected chi connectivity index (χ3v) is 4.66. The first-order valence-corrected chi connectivity index (χ1v) is 10.2. The molecule has 6 heteroatoms. The average molecular weight is 364 g/mol. The summed E-state index contributed by atoms with van der Waals surface area (Å²) in [5.41, 5.74) is 0. The van der Waals surface area contributed by atoms with Gasteiger partial charge in [0.15, 0.2) is 6.23 Å². The minimum atomic E-state index is -1.16. The standard InChI is InChI=1S/C19H41NO5/c1-2-3-4-5-6-7-8-9-10-11-17-25-18-12-19(23)20(24,13-15-21)14-16-22/h19,21-23H,2-18H2,1H3. The monoisotopic (exact) mass is 363 g/mol. The first-order chi connectivity index (χ1) is 12.1. The summed E-state index contributed by atoms with van der Waals surface area (Å²) in [6, 6.07) is 0. The van der Waals surface area contributed by atoms with Crippen LogP contribution < -0.4 is 0 Å². The van der Waals surface area contributed by atoms with Gasteiger partial charge in [-0.1, -0.05) is 64.7 Å². The largest absolute Gasteiger partial charge is 0.631 e. The second-order valence-electron chi connectivity index (χ2n) is 6.91. The SMILES string of the molecule is CCCCCCCCCCCCOCCC(O)[N+]([O-])(CCO)CCO. The van der Waals surface area contributed by atoms with E-state index in [0.717, 1.165) is 12.8 Å². The first kappa shape index (κ1) is 24.8. The maximum Gasteiger partial charge on any atom is 0.192 e. The lowest BCUT2D eigenvalue weighted by Gasteiger charge is -2.45. The highest BCUT2D eigenvalue weighted by molar-refractivity contribution is 4.51. The molecule has 0 rings (SSSR count). The number of aliphatic hydroxyl groups is 3. The molecule has 0 aromatic rings. The average Bonchev–Trinajstić information content (AvgIpc) is 2.59. The van der Waals surface area contributed by atoms with Gasteiger partial charge in [0.1, 0.15) is 13.1 Å². The molecular formula is C19H41NO5. The lowest BCUT2D eigenvalue weighted by molar-refractivity contribution is -0.928. The molecule has 0 aliphatic carbocycles. The van der Waals surface area contributed by atoms with Crippen molar-refractivity contribution in [2.24, 2.45) is 0 Å². The smallest absolute Gasteiger partial charge is 0.192 e. The molecule has 0 fully saturated rings. The summed E-state index contributed by atoms with van der Waals surface area (Å²) < 4.78 is 4.52. The van der Waals surface area contributed by atoms with Crippen molar-refractivity contribution in [3.63, 3.8) is 0 Å². The number of hydroxylamine groups is 3. The molecule has 0 aromatic carbocycles. The summed E-state index contributed by atoms with van der Waals surface area (Å²) in [5, 5.41) is 40.1. The molecule has 0 bridgehead atoms. The van der Waals surface area contributed by atoms with Crippen molar-refractivity contribution in [3.05, 3.63) is 5.21 Å². The van der Waals surface area contributed by atoms with Gasteiger partial charge < -0.3 is 29.9 Å². The van der Waals surface area contributed by atoms with Gasteiger partial charge in [0.25, 0.3) is 0 Å². The Bertz CT molecular complexity index is 273. The number of aliphatic hydroxyl groups excluding tert-OH is 3. The maximum atomic E-state index is 12.3. The summed E-state index contributed by atoms with van der Waals surface area (Å²) in [5.74, 6) is 0. The fraction of sp³-hybridized carbons (Fsp3) is 1.00. The van der Waals surface area contributed by atoms with E-state index in [1.165, 1.54) is 51.4 Å². The predicted molar refractivity (Wildman–Crippen MR) is 101 cm³/mol. The second kappa shape index (κ2) is 17.2. The Morgan fingerprint density at radius 2 is 1.28 bits per heavy atom. The zero-order valence-electron chi connectivity index (χ0n) is 16.2. The zero-order chi connectivity index (χ0) is 18.8. The number of rotatable bonds is 19. The molecular weight excluding hydrogens is 322 g/mol. The van der Waals surface area contributed by atoms with Crippen LogP contribution in [0.3, 0.4) is 0 Å². The van der Waals surface area contributed by atoms with Crippen molar-refractivity contribution in [2.45, 2.75) is 83.8 Å². The van der Waals surface area contributed by atoms with Gasteiger partial charge in [0.2, 0.25) is 0 Å². The van der Waals surface area contributed by atoms with Gasteiger partial charge in [0, 0.05) is 13.0 Å². The van der Waals surface area contributed by atoms with E-state index in [9.17, 15) is 10.3 Å². The lowest BCUT2D eigenvalue weighted by Crippen LogP contribution is -2.54. The molecule has 152 valence electrons. The predicted octanol–water partition coefficient (Wildman–Crippen LogP) is 2.93. The molecule has 0 heterocycles. The van der Waals surface area contributed by atoms with Gasteiger partial charge in [-0.25, -0.2) is 0 Å². The highest BCUT2D eigenvalue weighted by Gasteiger charge is 2.25. The number of nitrogens with zero attached hydrogens (tertiary/aromatic N) is 1. The first-order valence-electron chi connectivity index (χ1n) is 10.2. The van der Waals surface area contributed by atoms with E-state index >= 15 is 0 Å². The molecule has 0 saturated carbocycles. The van der Waals surface area contributed by atoms with E-state index in [1.807, 2.05) is 0 Å². The van der Waals surface area contributed by atoms with Crippen LogP contribution in [0.25, 0.3) is 0 Å². The molecule has 0 amide bonds. The van der Waals surface area contributed by atoms with Crippen LogP contribution in [0.1, 0.15) is 77.6 Å². The highest BCUT2D eigenvalue weighted by Crippen LogP contribution is 2.13. The van der Waals surface area contributed by atoms with Crippen LogP contribution in [-0.2, 0) is 4.74 Å². The van der Waals surface area contributed by atoms with Crippen LogP contribution in [0.5, 0.6) is 0 Å². The van der Waals surface area contributed by atoms with Gasteiger partial charge in [-0.2, -0.15) is 0 Å². The van der Waals surface area contributed by atoms with E-state index in [-0.39, 0.29) is 32.7 Å². The second-order valence-corrected chi connectivity index (χ2v) is 6.91. The van der Waals surface area contributed by atoms with E-state index in [2.05, 4.69) is 6.92 Å². The molecule has 6 nitrogen and oxygen atoms in total. The molecule has 0 aliphatic rings. The Kier molecular flexibility index (Phi) is 17.0. The normalized spacial score (nSPS) is 13.3. The fourth-order valence-corrected chi connectivity index (χ4v) is 2.97. The third kappa shape index (κ3) is 13.6. The van der Waals surface area contributed by atoms with E-state index < -0.39 is 10.9 Å². The Labute approximate surface area is 154 Å². The van der Waals surface area contributed by atoms with Crippen molar-refractivity contribution in [3.8, 4) is 0 Å². The van der Waals surface area contributed by atoms with E-state index in [0.29, 0.717) is 13.2 Å². The Morgan fingerprint density at radius 1 is 0.800 bits per heavy atom. The number of hydrogen-bond acceptors (Lipinski definition) is 5. The number of quaternary nitrogens is 1. The molecule has 25 heavy (non-hydrogen) atoms. The summed E-state index contributed by atoms with van der Waals surface area (Å²) >= 11 is 0. The van der Waals surface area contributed by atoms with Crippen LogP contribution in [0.4, 0.5) is 0 Å². The van der Waals surface area contributed by atoms with Crippen molar-refractivity contribution in [2.75, 3.05) is 39.5 Å². The summed E-state index contributed by atoms with van der Waals surface area (Å²) in [4.78, 5) is 0. The maximum absolute atomic E-state index is 12.3. The van der Waals surface area contributed by atoms with Crippen molar-refractivity contribution < 1.29 is 24.7 Å². The quantitative estimate of drug-likeness (QED) is 0.142. The molecule has 1 unspecified atom stereocenters. The Hall–Kier alpha value is -0.240. The van der Waals surface area contributed by atoms with Gasteiger partial charge in [-0.3, -0.25) is 0 Å². The number of unbranched alkanes of at least 4 members (excludes halogenated alkanes) is 9. The van der Waals surface area contributed by atoms with E-state index in [4.69, 9.17) is 14.9 Å². The number of hydrogen-bond donors (Lipinski definition) is 3. The Balaban J connectivity index is 3.48. The van der Waals surface area contributed by atoms with Gasteiger partial charge >= 0.3 is 0 Å². The molecule has 0 aliphatic heterocycles. The van der Waals surface area contributed by atoms with Crippen LogP contribution in [-0.4, -0.2) is 65.7 Å². The van der Waals surface area contributed by atoms with Crippen LogP contribution in [0.15, 0.2) is 0 Å². The van der Waals surface area contributed by atoms with Crippen molar-refractivity contribution >= 4 is 0 Å². The highest BCUT2D eigenvalue weighted by atomic mass is 16.6. The third-order valence-electron chi connectivity index (χ3n) is 4.66. The zero-order valence-corrected chi connectivity index (χ0v) is 16.2. The summed E-state index contributed by atoms with van der Waals surface area (Å²) in [6.45, 7) is 2.39. The molecule has 0 spiro atoms. The summed E-state index contributed by atoms with van der Waals surface area (Å²) in [6.07, 6.45) is 11.9. The van der Waals surface area contributed by atoms with Crippen LogP contribution in [0.2, 0.25) is 0 Å². The minimum Gasteiger partial charge on any atom is -0.631 e. The Morgan fingerprint density at radius 3 is 1.76 bits per heavy atom. The van der Waals surface area contributed by atoms with Gasteiger partial charge in [0.05, 0.1) is 19.8 Å². The van der Waals surface area contributed by atoms with Crippen LogP contribution in [0, 0.1) is 5.21 Å². The number of ether oxygens (including phenoxy) is 1. The lowest BCUT2D eigenvalue weighted by atomic mass is 10.1. The van der Waals surface area contributed by atoms with Gasteiger partial charge in [-0.15, -0.1) is 0 Å². The van der Waals surface area contributed by atoms with Gasteiger partial charge in [-0.05, 0) is 6.42 Å². The van der Waals surface area contributed by atoms with Crippen LogP contribution >= 0.6 is 0 Å². The molecule has 3 N–H and O–H groups in total. The topological polar surface area (TPSA) is 93.0 Å². The van der Waals surface area contributed by atoms with Crippen molar-refractivity contribution in [1.29, 1.82) is 0 Å². The molecule has 0 radical (unpaired) electrons. The van der Waals surface area contributed by atoms with E-state index in [1.54, 1.807) is 0 Å². The van der Waals surface area contributed by atoms with Crippen molar-refractivity contribution in [1.82, 2.24) is 0 Å². The molecule has 0 aromatic heterocycles. The molecule has 0 saturated heterocycles. The molecule has 1 atom stereocenters.